The van der Waals surface area contributed by atoms with E-state index < -0.39 is 0 Å². The number of carbonyl (C=O) groups is 1. The molecule has 0 saturated carbocycles. The molecule has 0 spiro atoms. The highest BCUT2D eigenvalue weighted by molar-refractivity contribution is 5.76. The first-order valence-electron chi connectivity index (χ1n) is 11.1. The monoisotopic (exact) mass is 409 g/mol. The third-order valence-electron chi connectivity index (χ3n) is 5.98. The topological polar surface area (TPSA) is 71.5 Å². The van der Waals surface area contributed by atoms with Crippen LogP contribution in [0.2, 0.25) is 0 Å². The highest BCUT2D eigenvalue weighted by Crippen LogP contribution is 2.34. The van der Waals surface area contributed by atoms with Gasteiger partial charge < -0.3 is 14.5 Å². The smallest absolute Gasteiger partial charge is 0.225 e. The molecule has 2 aliphatic heterocycles. The van der Waals surface area contributed by atoms with E-state index in [4.69, 9.17) is 9.72 Å². The third kappa shape index (κ3) is 4.78. The number of likely N-dealkylation sites (tertiary alicyclic amines) is 1. The van der Waals surface area contributed by atoms with Crippen molar-refractivity contribution in [1.29, 1.82) is 0 Å². The number of morpholine rings is 1. The van der Waals surface area contributed by atoms with Crippen molar-refractivity contribution >= 4 is 11.9 Å². The third-order valence-corrected chi connectivity index (χ3v) is 5.98. The lowest BCUT2D eigenvalue weighted by Gasteiger charge is -2.34. The first kappa shape index (κ1) is 20.7. The van der Waals surface area contributed by atoms with E-state index in [1.165, 1.54) is 0 Å². The number of hydrogen-bond acceptors (Lipinski definition) is 6. The van der Waals surface area contributed by atoms with Crippen molar-refractivity contribution in [2.45, 2.75) is 44.9 Å². The molecule has 4 rings (SSSR count). The Hall–Kier alpha value is -2.54. The molecule has 0 N–H and O–H groups in total. The van der Waals surface area contributed by atoms with E-state index in [0.29, 0.717) is 19.6 Å². The zero-order chi connectivity index (χ0) is 20.8. The Bertz CT molecular complexity index is 839. The Kier molecular flexibility index (Phi) is 6.89. The van der Waals surface area contributed by atoms with Crippen molar-refractivity contribution < 1.29 is 9.53 Å². The van der Waals surface area contributed by atoms with Gasteiger partial charge in [0.15, 0.2) is 0 Å². The molecule has 2 fully saturated rings. The van der Waals surface area contributed by atoms with Crippen molar-refractivity contribution in [3.63, 3.8) is 0 Å². The van der Waals surface area contributed by atoms with Gasteiger partial charge in [-0.15, -0.1) is 0 Å². The van der Waals surface area contributed by atoms with E-state index in [0.717, 1.165) is 74.6 Å². The van der Waals surface area contributed by atoms with Gasteiger partial charge in [0.1, 0.15) is 0 Å². The highest BCUT2D eigenvalue weighted by Gasteiger charge is 2.28. The van der Waals surface area contributed by atoms with Crippen LogP contribution in [0.25, 0.3) is 11.1 Å². The molecule has 2 aliphatic rings. The quantitative estimate of drug-likeness (QED) is 0.729. The van der Waals surface area contributed by atoms with Gasteiger partial charge in [-0.05, 0) is 25.3 Å². The lowest BCUT2D eigenvalue weighted by Crippen LogP contribution is -2.40. The predicted molar refractivity (Wildman–Crippen MR) is 116 cm³/mol. The van der Waals surface area contributed by atoms with Crippen LogP contribution in [0.4, 0.5) is 5.95 Å². The van der Waals surface area contributed by atoms with Gasteiger partial charge in [0.05, 0.1) is 18.9 Å². The molecule has 160 valence electrons. The van der Waals surface area contributed by atoms with Gasteiger partial charge in [-0.1, -0.05) is 19.4 Å². The molecule has 0 radical (unpaired) electrons. The number of nitrogens with zero attached hydrogens (tertiary/aromatic N) is 5. The van der Waals surface area contributed by atoms with E-state index in [1.807, 2.05) is 23.4 Å². The van der Waals surface area contributed by atoms with E-state index in [1.54, 1.807) is 6.20 Å². The summed E-state index contributed by atoms with van der Waals surface area (Å²) in [7, 11) is 0. The number of unbranched alkanes of at least 4 members (excludes halogenated alkanes) is 1. The molecule has 0 aliphatic carbocycles. The van der Waals surface area contributed by atoms with Crippen LogP contribution in [0.1, 0.15) is 50.6 Å². The molecule has 2 aromatic heterocycles. The fraction of sp³-hybridized carbons (Fsp3) is 0.565. The number of pyridine rings is 1. The minimum absolute atomic E-state index is 0.210. The molecule has 2 saturated heterocycles. The number of aromatic nitrogens is 3. The molecule has 7 heteroatoms. The first-order valence-corrected chi connectivity index (χ1v) is 11.1. The average Bonchev–Trinajstić information content (AvgIpc) is 2.83. The van der Waals surface area contributed by atoms with Crippen molar-refractivity contribution in [3.05, 3.63) is 36.4 Å². The zero-order valence-electron chi connectivity index (χ0n) is 17.8. The van der Waals surface area contributed by atoms with Crippen LogP contribution >= 0.6 is 0 Å². The van der Waals surface area contributed by atoms with E-state index >= 15 is 0 Å². The number of carbonyl (C=O) groups excluding carboxylic acids is 1. The lowest BCUT2D eigenvalue weighted by atomic mass is 9.90. The Morgan fingerprint density at radius 1 is 1.23 bits per heavy atom. The van der Waals surface area contributed by atoms with Crippen LogP contribution in [0.5, 0.6) is 0 Å². The molecular weight excluding hydrogens is 378 g/mol. The van der Waals surface area contributed by atoms with Gasteiger partial charge in [-0.2, -0.15) is 0 Å². The second kappa shape index (κ2) is 9.98. The maximum atomic E-state index is 12.7. The number of amides is 1. The Balaban J connectivity index is 1.64. The van der Waals surface area contributed by atoms with Crippen molar-refractivity contribution in [2.75, 3.05) is 44.3 Å². The van der Waals surface area contributed by atoms with Gasteiger partial charge in [-0.25, -0.2) is 9.97 Å². The first-order chi connectivity index (χ1) is 14.8. The normalized spacial score (nSPS) is 19.7. The molecule has 0 bridgehead atoms. The molecule has 1 unspecified atom stereocenters. The Morgan fingerprint density at radius 3 is 2.87 bits per heavy atom. The maximum Gasteiger partial charge on any atom is 0.225 e. The molecular formula is C23H31N5O2. The standard InChI is InChI=1S/C23H31N5O2/c1-2-3-8-21(29)28-10-5-7-19(17-28)22-20(18-6-4-9-24-15-18)16-25-23(26-22)27-11-13-30-14-12-27/h4,6,9,15-16,19H,2-3,5,7-8,10-14,17H2,1H3. The Labute approximate surface area is 178 Å². The summed E-state index contributed by atoms with van der Waals surface area (Å²) in [5, 5.41) is 0. The second-order valence-electron chi connectivity index (χ2n) is 8.09. The molecule has 30 heavy (non-hydrogen) atoms. The van der Waals surface area contributed by atoms with Crippen LogP contribution in [-0.2, 0) is 9.53 Å². The van der Waals surface area contributed by atoms with Crippen molar-refractivity contribution in [3.8, 4) is 11.1 Å². The summed E-state index contributed by atoms with van der Waals surface area (Å²) in [6, 6.07) is 3.99. The van der Waals surface area contributed by atoms with Crippen LogP contribution in [0.3, 0.4) is 0 Å². The maximum absolute atomic E-state index is 12.7. The number of piperidine rings is 1. The molecule has 7 nitrogen and oxygen atoms in total. The Morgan fingerprint density at radius 2 is 2.10 bits per heavy atom. The minimum atomic E-state index is 0.210. The minimum Gasteiger partial charge on any atom is -0.378 e. The fourth-order valence-electron chi connectivity index (χ4n) is 4.27. The molecule has 1 amide bonds. The summed E-state index contributed by atoms with van der Waals surface area (Å²) in [6.07, 6.45) is 10.3. The van der Waals surface area contributed by atoms with Crippen molar-refractivity contribution in [2.24, 2.45) is 0 Å². The average molecular weight is 410 g/mol. The molecule has 0 aromatic carbocycles. The van der Waals surface area contributed by atoms with Crippen molar-refractivity contribution in [1.82, 2.24) is 19.9 Å². The van der Waals surface area contributed by atoms with E-state index in [2.05, 4.69) is 27.9 Å². The predicted octanol–water partition coefficient (Wildman–Crippen LogP) is 3.27. The van der Waals surface area contributed by atoms with Crippen LogP contribution < -0.4 is 4.90 Å². The van der Waals surface area contributed by atoms with E-state index in [9.17, 15) is 4.79 Å². The molecule has 1 atom stereocenters. The largest absolute Gasteiger partial charge is 0.378 e. The van der Waals surface area contributed by atoms with Gasteiger partial charge in [0.2, 0.25) is 11.9 Å². The number of anilines is 1. The molecule has 2 aromatic rings. The van der Waals surface area contributed by atoms with Crippen LogP contribution in [-0.4, -0.2) is 65.2 Å². The zero-order valence-corrected chi connectivity index (χ0v) is 17.8. The number of ether oxygens (including phenoxy) is 1. The van der Waals surface area contributed by atoms with Gasteiger partial charge in [0.25, 0.3) is 0 Å². The summed E-state index contributed by atoms with van der Waals surface area (Å²) >= 11 is 0. The van der Waals surface area contributed by atoms with Gasteiger partial charge >= 0.3 is 0 Å². The van der Waals surface area contributed by atoms with E-state index in [-0.39, 0.29) is 11.8 Å². The SMILES string of the molecule is CCCCC(=O)N1CCCC(c2nc(N3CCOCC3)ncc2-c2cccnc2)C1. The number of rotatable bonds is 6. The van der Waals surface area contributed by atoms with Crippen LogP contribution in [0.15, 0.2) is 30.7 Å². The summed E-state index contributed by atoms with van der Waals surface area (Å²) in [4.78, 5) is 30.9. The second-order valence-corrected chi connectivity index (χ2v) is 8.09. The number of hydrogen-bond donors (Lipinski definition) is 0. The lowest BCUT2D eigenvalue weighted by molar-refractivity contribution is -0.132. The summed E-state index contributed by atoms with van der Waals surface area (Å²) < 4.78 is 5.48. The summed E-state index contributed by atoms with van der Waals surface area (Å²) in [5.41, 5.74) is 3.08. The molecule has 4 heterocycles. The highest BCUT2D eigenvalue weighted by atomic mass is 16.5. The van der Waals surface area contributed by atoms with Gasteiger partial charge in [0, 0.05) is 68.2 Å². The summed E-state index contributed by atoms with van der Waals surface area (Å²) in [6.45, 7) is 6.72. The van der Waals surface area contributed by atoms with Gasteiger partial charge in [-0.3, -0.25) is 9.78 Å². The fourth-order valence-corrected chi connectivity index (χ4v) is 4.27. The van der Waals surface area contributed by atoms with Crippen LogP contribution in [0, 0.1) is 0 Å². The summed E-state index contributed by atoms with van der Waals surface area (Å²) in [5.74, 6) is 1.24.